The standard InChI is InChI=1S/C16H14Br2N2O3S/c1-2-9-19-16(21)12-5-3-4-6-14(12)20-24(22,23)15-10-11(17)7-8-13(15)18/h2-8,10,20H,1,9H2,(H,19,21). The zero-order valence-electron chi connectivity index (χ0n) is 12.4. The molecule has 0 aliphatic heterocycles. The summed E-state index contributed by atoms with van der Waals surface area (Å²) in [6, 6.07) is 11.2. The molecule has 0 fully saturated rings. The first-order chi connectivity index (χ1) is 11.3. The van der Waals surface area contributed by atoms with Crippen molar-refractivity contribution in [3.05, 3.63) is 69.6 Å². The number of carbonyl (C=O) groups is 1. The van der Waals surface area contributed by atoms with Crippen LogP contribution in [0.4, 0.5) is 5.69 Å². The highest BCUT2D eigenvalue weighted by atomic mass is 79.9. The first-order valence-corrected chi connectivity index (χ1v) is 9.88. The lowest BCUT2D eigenvalue weighted by Crippen LogP contribution is -2.25. The molecule has 0 radical (unpaired) electrons. The van der Waals surface area contributed by atoms with Gasteiger partial charge >= 0.3 is 0 Å². The summed E-state index contributed by atoms with van der Waals surface area (Å²) in [5, 5.41) is 2.63. The van der Waals surface area contributed by atoms with Crippen LogP contribution in [0.3, 0.4) is 0 Å². The molecule has 0 aliphatic rings. The molecule has 0 heterocycles. The Kier molecular flexibility index (Phi) is 6.20. The average molecular weight is 474 g/mol. The van der Waals surface area contributed by atoms with Gasteiger partial charge in [-0.15, -0.1) is 6.58 Å². The highest BCUT2D eigenvalue weighted by Gasteiger charge is 2.21. The maximum atomic E-state index is 12.7. The molecule has 0 unspecified atom stereocenters. The van der Waals surface area contributed by atoms with Crippen molar-refractivity contribution in [2.75, 3.05) is 11.3 Å². The molecule has 2 aromatic carbocycles. The third-order valence-corrected chi connectivity index (χ3v) is 5.86. The van der Waals surface area contributed by atoms with E-state index in [-0.39, 0.29) is 28.6 Å². The second-order valence-corrected chi connectivity index (χ2v) is 8.15. The van der Waals surface area contributed by atoms with Gasteiger partial charge in [-0.3, -0.25) is 9.52 Å². The minimum Gasteiger partial charge on any atom is -0.349 e. The van der Waals surface area contributed by atoms with Crippen LogP contribution in [-0.2, 0) is 10.0 Å². The Labute approximate surface area is 157 Å². The van der Waals surface area contributed by atoms with Crippen LogP contribution in [0.2, 0.25) is 0 Å². The van der Waals surface area contributed by atoms with Gasteiger partial charge in [0, 0.05) is 15.5 Å². The maximum Gasteiger partial charge on any atom is 0.263 e. The number of para-hydroxylation sites is 1. The normalized spacial score (nSPS) is 10.9. The summed E-state index contributed by atoms with van der Waals surface area (Å²) in [4.78, 5) is 12.2. The second kappa shape index (κ2) is 7.96. The molecule has 0 bridgehead atoms. The second-order valence-electron chi connectivity index (χ2n) is 4.72. The Balaban J connectivity index is 2.38. The number of anilines is 1. The van der Waals surface area contributed by atoms with Gasteiger partial charge in [-0.05, 0) is 46.3 Å². The van der Waals surface area contributed by atoms with E-state index in [2.05, 4.69) is 48.5 Å². The van der Waals surface area contributed by atoms with Crippen LogP contribution in [0, 0.1) is 0 Å². The lowest BCUT2D eigenvalue weighted by atomic mass is 10.1. The molecule has 8 heteroatoms. The summed E-state index contributed by atoms with van der Waals surface area (Å²) in [5.41, 5.74) is 0.431. The van der Waals surface area contributed by atoms with Crippen molar-refractivity contribution in [2.45, 2.75) is 4.90 Å². The van der Waals surface area contributed by atoms with Crippen molar-refractivity contribution in [3.8, 4) is 0 Å². The van der Waals surface area contributed by atoms with E-state index < -0.39 is 10.0 Å². The Hall–Kier alpha value is -1.64. The van der Waals surface area contributed by atoms with Gasteiger partial charge in [-0.25, -0.2) is 8.42 Å². The molecular weight excluding hydrogens is 460 g/mol. The van der Waals surface area contributed by atoms with Gasteiger partial charge < -0.3 is 5.32 Å². The van der Waals surface area contributed by atoms with Crippen LogP contribution in [0.25, 0.3) is 0 Å². The summed E-state index contributed by atoms with van der Waals surface area (Å²) < 4.78 is 28.8. The summed E-state index contributed by atoms with van der Waals surface area (Å²) in [5.74, 6) is -0.387. The number of carbonyl (C=O) groups excluding carboxylic acids is 1. The molecule has 126 valence electrons. The molecular formula is C16H14Br2N2O3S. The van der Waals surface area contributed by atoms with E-state index in [0.717, 1.165) is 0 Å². The number of hydrogen-bond acceptors (Lipinski definition) is 3. The molecule has 2 rings (SSSR count). The van der Waals surface area contributed by atoms with Crippen LogP contribution < -0.4 is 10.0 Å². The fraction of sp³-hybridized carbons (Fsp3) is 0.0625. The Morgan fingerprint density at radius 2 is 1.88 bits per heavy atom. The number of hydrogen-bond donors (Lipinski definition) is 2. The molecule has 5 nitrogen and oxygen atoms in total. The number of sulfonamides is 1. The van der Waals surface area contributed by atoms with E-state index in [1.54, 1.807) is 36.4 Å². The van der Waals surface area contributed by atoms with Crippen molar-refractivity contribution in [2.24, 2.45) is 0 Å². The molecule has 0 saturated carbocycles. The Morgan fingerprint density at radius 1 is 1.17 bits per heavy atom. The topological polar surface area (TPSA) is 75.3 Å². The Bertz CT molecular complexity index is 883. The van der Waals surface area contributed by atoms with Gasteiger partial charge in [-0.2, -0.15) is 0 Å². The minimum absolute atomic E-state index is 0.0678. The van der Waals surface area contributed by atoms with E-state index in [9.17, 15) is 13.2 Å². The van der Waals surface area contributed by atoms with E-state index in [4.69, 9.17) is 0 Å². The molecule has 2 N–H and O–H groups in total. The van der Waals surface area contributed by atoms with Gasteiger partial charge in [0.15, 0.2) is 0 Å². The zero-order chi connectivity index (χ0) is 17.7. The number of rotatable bonds is 6. The average Bonchev–Trinajstić information content (AvgIpc) is 2.55. The molecule has 0 atom stereocenters. The predicted molar refractivity (Wildman–Crippen MR) is 102 cm³/mol. The first-order valence-electron chi connectivity index (χ1n) is 6.81. The Morgan fingerprint density at radius 3 is 2.58 bits per heavy atom. The third kappa shape index (κ3) is 4.46. The fourth-order valence-corrected chi connectivity index (χ4v) is 4.50. The fourth-order valence-electron chi connectivity index (χ4n) is 1.91. The lowest BCUT2D eigenvalue weighted by Gasteiger charge is -2.13. The van der Waals surface area contributed by atoms with Gasteiger partial charge in [0.05, 0.1) is 11.3 Å². The molecule has 2 aromatic rings. The van der Waals surface area contributed by atoms with E-state index >= 15 is 0 Å². The van der Waals surface area contributed by atoms with Crippen LogP contribution in [0.15, 0.2) is 69.0 Å². The third-order valence-electron chi connectivity index (χ3n) is 3.01. The summed E-state index contributed by atoms with van der Waals surface area (Å²) in [6.07, 6.45) is 1.54. The molecule has 24 heavy (non-hydrogen) atoms. The highest BCUT2D eigenvalue weighted by Crippen LogP contribution is 2.28. The number of benzene rings is 2. The van der Waals surface area contributed by atoms with Gasteiger partial charge in [0.2, 0.25) is 0 Å². The molecule has 0 aromatic heterocycles. The monoisotopic (exact) mass is 472 g/mol. The van der Waals surface area contributed by atoms with Crippen LogP contribution >= 0.6 is 31.9 Å². The lowest BCUT2D eigenvalue weighted by molar-refractivity contribution is 0.0959. The number of amides is 1. The highest BCUT2D eigenvalue weighted by molar-refractivity contribution is 9.11. The van der Waals surface area contributed by atoms with Gasteiger partial charge in [-0.1, -0.05) is 34.1 Å². The van der Waals surface area contributed by atoms with Crippen LogP contribution in [0.5, 0.6) is 0 Å². The molecule has 0 saturated heterocycles. The summed E-state index contributed by atoms with van der Waals surface area (Å²) >= 11 is 6.48. The number of nitrogens with one attached hydrogen (secondary N) is 2. The van der Waals surface area contributed by atoms with Gasteiger partial charge in [0.1, 0.15) is 4.90 Å². The summed E-state index contributed by atoms with van der Waals surface area (Å²) in [7, 11) is -3.87. The zero-order valence-corrected chi connectivity index (χ0v) is 16.4. The molecule has 0 spiro atoms. The predicted octanol–water partition coefficient (Wildman–Crippen LogP) is 3.93. The van der Waals surface area contributed by atoms with Crippen molar-refractivity contribution in [3.63, 3.8) is 0 Å². The van der Waals surface area contributed by atoms with E-state index in [1.807, 2.05) is 0 Å². The van der Waals surface area contributed by atoms with Gasteiger partial charge in [0.25, 0.3) is 15.9 Å². The number of halogens is 2. The molecule has 0 aliphatic carbocycles. The van der Waals surface area contributed by atoms with Crippen LogP contribution in [-0.4, -0.2) is 20.9 Å². The largest absolute Gasteiger partial charge is 0.349 e. The van der Waals surface area contributed by atoms with Crippen molar-refractivity contribution in [1.82, 2.24) is 5.32 Å². The SMILES string of the molecule is C=CCNC(=O)c1ccccc1NS(=O)(=O)c1cc(Br)ccc1Br. The van der Waals surface area contributed by atoms with Crippen molar-refractivity contribution in [1.29, 1.82) is 0 Å². The first kappa shape index (κ1) is 18.7. The van der Waals surface area contributed by atoms with Crippen LogP contribution in [0.1, 0.15) is 10.4 Å². The maximum absolute atomic E-state index is 12.7. The minimum atomic E-state index is -3.87. The van der Waals surface area contributed by atoms with Crippen molar-refractivity contribution >= 4 is 53.5 Å². The van der Waals surface area contributed by atoms with E-state index in [0.29, 0.717) is 8.95 Å². The summed E-state index contributed by atoms with van der Waals surface area (Å²) in [6.45, 7) is 3.82. The van der Waals surface area contributed by atoms with Crippen molar-refractivity contribution < 1.29 is 13.2 Å². The van der Waals surface area contributed by atoms with E-state index in [1.165, 1.54) is 12.1 Å². The smallest absolute Gasteiger partial charge is 0.263 e. The molecule has 1 amide bonds. The quantitative estimate of drug-likeness (QED) is 0.624.